The Balaban J connectivity index is 2.45. The summed E-state index contributed by atoms with van der Waals surface area (Å²) in [5.74, 6) is 0. The highest BCUT2D eigenvalue weighted by atomic mass is 28.5. The molecule has 0 unspecified atom stereocenters. The van der Waals surface area contributed by atoms with Crippen molar-refractivity contribution in [1.82, 2.24) is 0 Å². The predicted octanol–water partition coefficient (Wildman–Crippen LogP) is 1.07. The SMILES string of the molecule is C[Si]1C[Si](C)O[Si](C)O[Si](C)O1. The first kappa shape index (κ1) is 10.8. The van der Waals surface area contributed by atoms with E-state index in [4.69, 9.17) is 12.3 Å². The quantitative estimate of drug-likeness (QED) is 0.587. The first-order valence-corrected chi connectivity index (χ1v) is 11.8. The van der Waals surface area contributed by atoms with Crippen LogP contribution in [-0.4, -0.2) is 36.6 Å². The van der Waals surface area contributed by atoms with E-state index in [1.165, 1.54) is 5.67 Å². The molecule has 0 spiro atoms. The highest BCUT2D eigenvalue weighted by Crippen LogP contribution is 2.09. The average Bonchev–Trinajstić information content (AvgIpc) is 1.81. The molecule has 0 saturated carbocycles. The van der Waals surface area contributed by atoms with Crippen LogP contribution in [0.25, 0.3) is 0 Å². The molecule has 1 fully saturated rings. The van der Waals surface area contributed by atoms with Gasteiger partial charge in [0.1, 0.15) is 0 Å². The van der Waals surface area contributed by atoms with Crippen LogP contribution in [-0.2, 0) is 12.3 Å². The van der Waals surface area contributed by atoms with Crippen LogP contribution in [0.15, 0.2) is 0 Å². The third-order valence-electron chi connectivity index (χ3n) is 1.42. The van der Waals surface area contributed by atoms with Gasteiger partial charge >= 0.3 is 18.6 Å². The van der Waals surface area contributed by atoms with Crippen molar-refractivity contribution in [2.45, 2.75) is 31.9 Å². The van der Waals surface area contributed by atoms with E-state index in [2.05, 4.69) is 26.2 Å². The van der Waals surface area contributed by atoms with Gasteiger partial charge in [-0.1, -0.05) is 0 Å². The molecule has 0 aromatic carbocycles. The summed E-state index contributed by atoms with van der Waals surface area (Å²) >= 11 is 0. The summed E-state index contributed by atoms with van der Waals surface area (Å²) in [6.45, 7) is 8.52. The minimum Gasteiger partial charge on any atom is -0.436 e. The van der Waals surface area contributed by atoms with Crippen LogP contribution >= 0.6 is 0 Å². The van der Waals surface area contributed by atoms with Crippen LogP contribution in [0.5, 0.6) is 0 Å². The van der Waals surface area contributed by atoms with Crippen molar-refractivity contribution < 1.29 is 12.3 Å². The van der Waals surface area contributed by atoms with Gasteiger partial charge in [0.2, 0.25) is 0 Å². The lowest BCUT2D eigenvalue weighted by Gasteiger charge is -2.26. The molecule has 0 aromatic rings. The average molecular weight is 235 g/mol. The maximum absolute atomic E-state index is 5.78. The standard InChI is InChI=1S/C5H14O3Si4/c1-9-5-10(2)7-12(4)8-11(3)6-9/h5H2,1-4H3. The molecule has 0 N–H and O–H groups in total. The van der Waals surface area contributed by atoms with Crippen LogP contribution in [0.2, 0.25) is 31.9 Å². The Hall–Kier alpha value is 0.748. The van der Waals surface area contributed by atoms with Crippen LogP contribution in [0.1, 0.15) is 0 Å². The van der Waals surface area contributed by atoms with E-state index in [9.17, 15) is 0 Å². The molecular weight excluding hydrogens is 220 g/mol. The van der Waals surface area contributed by atoms with E-state index >= 15 is 0 Å². The fourth-order valence-electron chi connectivity index (χ4n) is 1.16. The second-order valence-corrected chi connectivity index (χ2v) is 11.5. The lowest BCUT2D eigenvalue weighted by molar-refractivity contribution is 0.375. The molecule has 1 heterocycles. The molecule has 0 aromatic heterocycles. The van der Waals surface area contributed by atoms with Crippen molar-refractivity contribution in [3.8, 4) is 0 Å². The first-order valence-electron chi connectivity index (χ1n) is 3.93. The Kier molecular flexibility index (Phi) is 4.36. The fraction of sp³-hybridized carbons (Fsp3) is 1.00. The Bertz CT molecular complexity index is 107. The molecule has 7 heteroatoms. The van der Waals surface area contributed by atoms with E-state index in [1.54, 1.807) is 0 Å². The molecule has 68 valence electrons. The minimum atomic E-state index is -0.990. The van der Waals surface area contributed by atoms with Gasteiger partial charge in [-0.25, -0.2) is 0 Å². The van der Waals surface area contributed by atoms with Gasteiger partial charge in [-0.2, -0.15) is 0 Å². The summed E-state index contributed by atoms with van der Waals surface area (Å²) in [5.41, 5.74) is 1.18. The van der Waals surface area contributed by atoms with Crippen molar-refractivity contribution in [1.29, 1.82) is 0 Å². The maximum Gasteiger partial charge on any atom is 0.360 e. The van der Waals surface area contributed by atoms with Gasteiger partial charge in [-0.05, 0) is 31.9 Å². The number of rotatable bonds is 0. The lowest BCUT2D eigenvalue weighted by atomic mass is 11.8. The zero-order valence-electron chi connectivity index (χ0n) is 7.93. The molecule has 1 aliphatic heterocycles. The Morgan fingerprint density at radius 2 is 1.17 bits per heavy atom. The van der Waals surface area contributed by atoms with Crippen molar-refractivity contribution >= 4 is 36.6 Å². The van der Waals surface area contributed by atoms with E-state index < -0.39 is 36.6 Å². The van der Waals surface area contributed by atoms with Crippen molar-refractivity contribution in [2.75, 3.05) is 0 Å². The summed E-state index contributed by atoms with van der Waals surface area (Å²) < 4.78 is 17.2. The lowest BCUT2D eigenvalue weighted by Crippen LogP contribution is -2.42. The molecule has 0 atom stereocenters. The minimum absolute atomic E-state index is 0.615. The van der Waals surface area contributed by atoms with Crippen LogP contribution in [0.4, 0.5) is 0 Å². The Morgan fingerprint density at radius 3 is 1.58 bits per heavy atom. The normalized spacial score (nSPS) is 27.0. The number of hydrogen-bond acceptors (Lipinski definition) is 3. The maximum atomic E-state index is 5.78. The van der Waals surface area contributed by atoms with Gasteiger partial charge in [0.05, 0.1) is 0 Å². The smallest absolute Gasteiger partial charge is 0.360 e. The summed E-state index contributed by atoms with van der Waals surface area (Å²) in [5, 5.41) is 0. The molecule has 1 aliphatic rings. The van der Waals surface area contributed by atoms with E-state index in [0.717, 1.165) is 0 Å². The molecule has 1 rings (SSSR count). The molecule has 3 nitrogen and oxygen atoms in total. The molecule has 1 saturated heterocycles. The van der Waals surface area contributed by atoms with Crippen LogP contribution in [0, 0.1) is 0 Å². The van der Waals surface area contributed by atoms with Gasteiger partial charge in [-0.3, -0.25) is 0 Å². The third kappa shape index (κ3) is 3.64. The zero-order chi connectivity index (χ0) is 9.14. The molecular formula is C5H14O3Si4. The monoisotopic (exact) mass is 234 g/mol. The topological polar surface area (TPSA) is 27.7 Å². The van der Waals surface area contributed by atoms with E-state index in [0.29, 0.717) is 0 Å². The third-order valence-corrected chi connectivity index (χ3v) is 12.8. The van der Waals surface area contributed by atoms with Gasteiger partial charge in [-0.15, -0.1) is 0 Å². The fourth-order valence-corrected chi connectivity index (χ4v) is 12.5. The summed E-state index contributed by atoms with van der Waals surface area (Å²) in [7, 11) is -3.21. The highest BCUT2D eigenvalue weighted by molar-refractivity contribution is 6.79. The molecule has 0 aliphatic carbocycles. The molecule has 4 radical (unpaired) electrons. The highest BCUT2D eigenvalue weighted by Gasteiger charge is 2.27. The zero-order valence-corrected chi connectivity index (χ0v) is 11.9. The first-order chi connectivity index (χ1) is 5.58. The van der Waals surface area contributed by atoms with Gasteiger partial charge in [0.15, 0.2) is 18.1 Å². The Labute approximate surface area is 81.2 Å². The predicted molar refractivity (Wildman–Crippen MR) is 54.5 cm³/mol. The molecule has 12 heavy (non-hydrogen) atoms. The van der Waals surface area contributed by atoms with Crippen LogP contribution < -0.4 is 0 Å². The van der Waals surface area contributed by atoms with E-state index in [-0.39, 0.29) is 0 Å². The van der Waals surface area contributed by atoms with E-state index in [1.807, 2.05) is 0 Å². The van der Waals surface area contributed by atoms with Crippen molar-refractivity contribution in [3.05, 3.63) is 0 Å². The second kappa shape index (κ2) is 4.84. The van der Waals surface area contributed by atoms with Gasteiger partial charge in [0, 0.05) is 0 Å². The summed E-state index contributed by atoms with van der Waals surface area (Å²) in [4.78, 5) is 0. The summed E-state index contributed by atoms with van der Waals surface area (Å²) in [6.07, 6.45) is 0. The molecule has 0 amide bonds. The van der Waals surface area contributed by atoms with Gasteiger partial charge < -0.3 is 12.3 Å². The van der Waals surface area contributed by atoms with Crippen molar-refractivity contribution in [3.63, 3.8) is 0 Å². The van der Waals surface area contributed by atoms with Gasteiger partial charge in [0.25, 0.3) is 0 Å². The molecule has 0 bridgehead atoms. The van der Waals surface area contributed by atoms with Crippen LogP contribution in [0.3, 0.4) is 0 Å². The van der Waals surface area contributed by atoms with Crippen molar-refractivity contribution in [2.24, 2.45) is 0 Å². The second-order valence-electron chi connectivity index (χ2n) is 2.87. The number of hydrogen-bond donors (Lipinski definition) is 0. The Morgan fingerprint density at radius 1 is 0.750 bits per heavy atom. The summed E-state index contributed by atoms with van der Waals surface area (Å²) in [6, 6.07) is 0. The largest absolute Gasteiger partial charge is 0.436 e.